The first-order valence-corrected chi connectivity index (χ1v) is 10.3. The summed E-state index contributed by atoms with van der Waals surface area (Å²) in [6.07, 6.45) is 7.10. The van der Waals surface area contributed by atoms with Crippen molar-refractivity contribution >= 4 is 17.0 Å². The van der Waals surface area contributed by atoms with Crippen LogP contribution in [0.15, 0.2) is 41.3 Å². The molecule has 0 spiro atoms. The molecule has 152 valence electrons. The van der Waals surface area contributed by atoms with Crippen molar-refractivity contribution in [2.24, 2.45) is 0 Å². The van der Waals surface area contributed by atoms with E-state index in [1.165, 1.54) is 17.2 Å². The van der Waals surface area contributed by atoms with Crippen LogP contribution in [0.25, 0.3) is 16.7 Å². The highest BCUT2D eigenvalue weighted by Gasteiger charge is 2.28. The number of carbonyl (C=O) groups excluding carboxylic acids is 1. The van der Waals surface area contributed by atoms with Crippen LogP contribution in [-0.2, 0) is 9.53 Å². The SMILES string of the molecule is CCC(C(=O)OC1CCCCC1)n1c(C)nc2c(cnn2-c2ccccc2)c1=O. The number of para-hydroxylation sites is 1. The third-order valence-corrected chi connectivity index (χ3v) is 5.62. The van der Waals surface area contributed by atoms with Gasteiger partial charge in [-0.25, -0.2) is 14.5 Å². The summed E-state index contributed by atoms with van der Waals surface area (Å²) in [6.45, 7) is 3.63. The lowest BCUT2D eigenvalue weighted by molar-refractivity contribution is -0.155. The maximum atomic E-state index is 13.3. The Morgan fingerprint density at radius 2 is 1.93 bits per heavy atom. The van der Waals surface area contributed by atoms with Crippen molar-refractivity contribution in [1.29, 1.82) is 0 Å². The monoisotopic (exact) mass is 394 g/mol. The van der Waals surface area contributed by atoms with E-state index in [2.05, 4.69) is 10.1 Å². The van der Waals surface area contributed by atoms with Crippen molar-refractivity contribution in [2.75, 3.05) is 0 Å². The van der Waals surface area contributed by atoms with Crippen molar-refractivity contribution in [3.05, 3.63) is 52.7 Å². The molecule has 1 atom stereocenters. The van der Waals surface area contributed by atoms with E-state index in [1.54, 1.807) is 11.6 Å². The lowest BCUT2D eigenvalue weighted by atomic mass is 9.98. The third-order valence-electron chi connectivity index (χ3n) is 5.62. The second-order valence-corrected chi connectivity index (χ2v) is 7.58. The van der Waals surface area contributed by atoms with Crippen LogP contribution in [0.4, 0.5) is 0 Å². The van der Waals surface area contributed by atoms with Gasteiger partial charge in [0.15, 0.2) is 5.65 Å². The van der Waals surface area contributed by atoms with Gasteiger partial charge < -0.3 is 4.74 Å². The standard InChI is InChI=1S/C22H26N4O3/c1-3-19(22(28)29-17-12-8-5-9-13-17)25-15(2)24-20-18(21(25)27)14-23-26(20)16-10-6-4-7-11-16/h4,6-7,10-11,14,17,19H,3,5,8-9,12-13H2,1-2H3. The average molecular weight is 394 g/mol. The molecule has 0 radical (unpaired) electrons. The highest BCUT2D eigenvalue weighted by Crippen LogP contribution is 2.24. The number of fused-ring (bicyclic) bond motifs is 1. The predicted molar refractivity (Wildman–Crippen MR) is 110 cm³/mol. The number of aryl methyl sites for hydroxylation is 1. The fourth-order valence-electron chi connectivity index (χ4n) is 4.09. The molecular formula is C22H26N4O3. The highest BCUT2D eigenvalue weighted by atomic mass is 16.5. The van der Waals surface area contributed by atoms with Crippen molar-refractivity contribution in [3.8, 4) is 5.69 Å². The molecule has 2 aromatic heterocycles. The topological polar surface area (TPSA) is 79.0 Å². The van der Waals surface area contributed by atoms with Crippen LogP contribution in [0, 0.1) is 6.92 Å². The Hall–Kier alpha value is -2.96. The van der Waals surface area contributed by atoms with Gasteiger partial charge in [-0.05, 0) is 51.2 Å². The molecule has 1 saturated carbocycles. The number of esters is 1. The van der Waals surface area contributed by atoms with Gasteiger partial charge in [0.2, 0.25) is 0 Å². The van der Waals surface area contributed by atoms with E-state index in [9.17, 15) is 9.59 Å². The maximum Gasteiger partial charge on any atom is 0.329 e. The smallest absolute Gasteiger partial charge is 0.329 e. The van der Waals surface area contributed by atoms with E-state index >= 15 is 0 Å². The van der Waals surface area contributed by atoms with Gasteiger partial charge in [0, 0.05) is 0 Å². The second-order valence-electron chi connectivity index (χ2n) is 7.58. The quantitative estimate of drug-likeness (QED) is 0.616. The number of aromatic nitrogens is 4. The zero-order valence-corrected chi connectivity index (χ0v) is 16.9. The lowest BCUT2D eigenvalue weighted by Crippen LogP contribution is -2.35. The van der Waals surface area contributed by atoms with Gasteiger partial charge in [0.1, 0.15) is 23.4 Å². The highest BCUT2D eigenvalue weighted by molar-refractivity contribution is 5.78. The Bertz CT molecular complexity index is 1060. The van der Waals surface area contributed by atoms with E-state index < -0.39 is 6.04 Å². The minimum Gasteiger partial charge on any atom is -0.461 e. The summed E-state index contributed by atoms with van der Waals surface area (Å²) in [5.41, 5.74) is 1.06. The molecular weight excluding hydrogens is 368 g/mol. The maximum absolute atomic E-state index is 13.3. The molecule has 0 aliphatic heterocycles. The van der Waals surface area contributed by atoms with E-state index in [-0.39, 0.29) is 17.6 Å². The van der Waals surface area contributed by atoms with E-state index in [1.807, 2.05) is 37.3 Å². The van der Waals surface area contributed by atoms with Crippen LogP contribution < -0.4 is 5.56 Å². The van der Waals surface area contributed by atoms with E-state index in [0.29, 0.717) is 23.3 Å². The van der Waals surface area contributed by atoms with Crippen LogP contribution in [0.5, 0.6) is 0 Å². The van der Waals surface area contributed by atoms with Crippen LogP contribution >= 0.6 is 0 Å². The van der Waals surface area contributed by atoms with Gasteiger partial charge in [0.25, 0.3) is 5.56 Å². The third kappa shape index (κ3) is 3.69. The number of rotatable bonds is 5. The lowest BCUT2D eigenvalue weighted by Gasteiger charge is -2.25. The van der Waals surface area contributed by atoms with Crippen molar-refractivity contribution in [3.63, 3.8) is 0 Å². The predicted octanol–water partition coefficient (Wildman–Crippen LogP) is 3.72. The molecule has 1 aliphatic carbocycles. The van der Waals surface area contributed by atoms with Crippen molar-refractivity contribution < 1.29 is 9.53 Å². The Kier molecular flexibility index (Phi) is 5.47. The first kappa shape index (κ1) is 19.4. The van der Waals surface area contributed by atoms with Gasteiger partial charge in [-0.3, -0.25) is 9.36 Å². The van der Waals surface area contributed by atoms with Crippen molar-refractivity contribution in [2.45, 2.75) is 64.5 Å². The van der Waals surface area contributed by atoms with Gasteiger partial charge >= 0.3 is 5.97 Å². The first-order chi connectivity index (χ1) is 14.1. The molecule has 29 heavy (non-hydrogen) atoms. The van der Waals surface area contributed by atoms with E-state index in [4.69, 9.17) is 4.74 Å². The Morgan fingerprint density at radius 1 is 1.21 bits per heavy atom. The molecule has 7 nitrogen and oxygen atoms in total. The Labute approximate surface area is 169 Å². The number of ether oxygens (including phenoxy) is 1. The molecule has 2 heterocycles. The molecule has 1 fully saturated rings. The molecule has 7 heteroatoms. The van der Waals surface area contributed by atoms with Gasteiger partial charge in [0.05, 0.1) is 11.9 Å². The molecule has 0 N–H and O–H groups in total. The zero-order valence-electron chi connectivity index (χ0n) is 16.9. The van der Waals surface area contributed by atoms with Gasteiger partial charge in [-0.15, -0.1) is 0 Å². The second kappa shape index (κ2) is 8.19. The summed E-state index contributed by atoms with van der Waals surface area (Å²) >= 11 is 0. The summed E-state index contributed by atoms with van der Waals surface area (Å²) in [6, 6.07) is 8.87. The largest absolute Gasteiger partial charge is 0.461 e. The summed E-state index contributed by atoms with van der Waals surface area (Å²) < 4.78 is 8.86. The summed E-state index contributed by atoms with van der Waals surface area (Å²) in [5.74, 6) is 0.133. The normalized spacial score (nSPS) is 16.1. The molecule has 3 aromatic rings. The number of hydrogen-bond donors (Lipinski definition) is 0. The Balaban J connectivity index is 1.71. The summed E-state index contributed by atoms with van der Waals surface area (Å²) in [4.78, 5) is 30.8. The van der Waals surface area contributed by atoms with Gasteiger partial charge in [-0.2, -0.15) is 5.10 Å². The fraction of sp³-hybridized carbons (Fsp3) is 0.455. The minimum absolute atomic E-state index is 0.0428. The van der Waals surface area contributed by atoms with Crippen LogP contribution in [0.1, 0.15) is 57.3 Å². The number of benzene rings is 1. The van der Waals surface area contributed by atoms with Crippen LogP contribution in [-0.4, -0.2) is 31.4 Å². The summed E-state index contributed by atoms with van der Waals surface area (Å²) in [5, 5.41) is 4.75. The number of carbonyl (C=O) groups is 1. The molecule has 4 rings (SSSR count). The molecule has 1 aliphatic rings. The molecule has 0 saturated heterocycles. The molecule has 1 unspecified atom stereocenters. The first-order valence-electron chi connectivity index (χ1n) is 10.3. The average Bonchev–Trinajstić information content (AvgIpc) is 3.16. The van der Waals surface area contributed by atoms with Crippen LogP contribution in [0.2, 0.25) is 0 Å². The molecule has 0 amide bonds. The number of nitrogens with zero attached hydrogens (tertiary/aromatic N) is 4. The number of hydrogen-bond acceptors (Lipinski definition) is 5. The van der Waals surface area contributed by atoms with Crippen LogP contribution in [0.3, 0.4) is 0 Å². The van der Waals surface area contributed by atoms with Crippen molar-refractivity contribution in [1.82, 2.24) is 19.3 Å². The fourth-order valence-corrected chi connectivity index (χ4v) is 4.09. The van der Waals surface area contributed by atoms with E-state index in [0.717, 1.165) is 31.4 Å². The Morgan fingerprint density at radius 3 is 2.62 bits per heavy atom. The van der Waals surface area contributed by atoms with Gasteiger partial charge in [-0.1, -0.05) is 31.5 Å². The molecule has 0 bridgehead atoms. The zero-order chi connectivity index (χ0) is 20.4. The summed E-state index contributed by atoms with van der Waals surface area (Å²) in [7, 11) is 0. The molecule has 1 aromatic carbocycles. The minimum atomic E-state index is -0.679.